The zero-order valence-corrected chi connectivity index (χ0v) is 12.5. The lowest BCUT2D eigenvalue weighted by Crippen LogP contribution is -2.32. The highest BCUT2D eigenvalue weighted by Crippen LogP contribution is 2.18. The Morgan fingerprint density at radius 1 is 1.50 bits per heavy atom. The van der Waals surface area contributed by atoms with Crippen molar-refractivity contribution in [1.29, 1.82) is 0 Å². The molecule has 1 saturated heterocycles. The van der Waals surface area contributed by atoms with Crippen molar-refractivity contribution in [3.8, 4) is 0 Å². The number of anilines is 1. The van der Waals surface area contributed by atoms with Crippen molar-refractivity contribution in [1.82, 2.24) is 14.5 Å². The molecule has 1 aromatic heterocycles. The number of nitrogen functional groups attached to an aromatic ring is 1. The van der Waals surface area contributed by atoms with Gasteiger partial charge in [-0.15, -0.1) is 0 Å². The largest absolute Gasteiger partial charge is 0.381 e. The smallest absolute Gasteiger partial charge is 0.245 e. The van der Waals surface area contributed by atoms with Crippen molar-refractivity contribution >= 4 is 15.8 Å². The fourth-order valence-corrected chi connectivity index (χ4v) is 3.41. The van der Waals surface area contributed by atoms with Crippen molar-refractivity contribution in [2.24, 2.45) is 5.92 Å². The molecule has 114 valence electrons. The quantitative estimate of drug-likeness (QED) is 0.801. The lowest BCUT2D eigenvalue weighted by Gasteiger charge is -2.21. The molecule has 7 nitrogen and oxygen atoms in total. The van der Waals surface area contributed by atoms with Gasteiger partial charge in [-0.1, -0.05) is 6.92 Å². The summed E-state index contributed by atoms with van der Waals surface area (Å²) in [6.07, 6.45) is 4.13. The van der Waals surface area contributed by atoms with Crippen LogP contribution in [0.25, 0.3) is 0 Å². The Hall–Kier alpha value is -1.12. The number of aromatic nitrogens is 2. The van der Waals surface area contributed by atoms with Crippen molar-refractivity contribution in [2.45, 2.75) is 37.6 Å². The minimum atomic E-state index is -3.59. The van der Waals surface area contributed by atoms with Crippen molar-refractivity contribution in [3.05, 3.63) is 6.20 Å². The second kappa shape index (κ2) is 6.55. The predicted octanol–water partition coefficient (Wildman–Crippen LogP) is 0.580. The Morgan fingerprint density at radius 2 is 2.20 bits per heavy atom. The van der Waals surface area contributed by atoms with Crippen LogP contribution in [0.4, 0.5) is 5.82 Å². The molecule has 20 heavy (non-hydrogen) atoms. The molecule has 2 heterocycles. The summed E-state index contributed by atoms with van der Waals surface area (Å²) in [4.78, 5) is 0.0676. The first kappa shape index (κ1) is 15.3. The molecule has 0 saturated carbocycles. The molecule has 0 bridgehead atoms. The molecular formula is C12H22N4O3S. The van der Waals surface area contributed by atoms with E-state index in [4.69, 9.17) is 10.5 Å². The van der Waals surface area contributed by atoms with Gasteiger partial charge in [0.05, 0.1) is 0 Å². The summed E-state index contributed by atoms with van der Waals surface area (Å²) in [6.45, 7) is 4.46. The average Bonchev–Trinajstić information content (AvgIpc) is 2.80. The summed E-state index contributed by atoms with van der Waals surface area (Å²) >= 11 is 0. The fraction of sp³-hybridized carbons (Fsp3) is 0.750. The van der Waals surface area contributed by atoms with E-state index >= 15 is 0 Å². The van der Waals surface area contributed by atoms with Crippen LogP contribution in [0.5, 0.6) is 0 Å². The number of ether oxygens (including phenoxy) is 1. The molecule has 0 aromatic carbocycles. The zero-order chi connectivity index (χ0) is 14.6. The van der Waals surface area contributed by atoms with Gasteiger partial charge in [0, 0.05) is 32.5 Å². The van der Waals surface area contributed by atoms with Gasteiger partial charge in [0.25, 0.3) is 0 Å². The van der Waals surface area contributed by atoms with Gasteiger partial charge in [-0.25, -0.2) is 13.1 Å². The number of nitrogens with two attached hydrogens (primary N) is 1. The molecule has 0 radical (unpaired) electrons. The number of hydrogen-bond acceptors (Lipinski definition) is 5. The molecule has 0 spiro atoms. The lowest BCUT2D eigenvalue weighted by atomic mass is 10.0. The van der Waals surface area contributed by atoms with E-state index < -0.39 is 10.0 Å². The third-order valence-electron chi connectivity index (χ3n) is 3.40. The Bertz CT molecular complexity index is 535. The number of rotatable bonds is 6. The lowest BCUT2D eigenvalue weighted by molar-refractivity contribution is 0.0678. The maximum absolute atomic E-state index is 12.2. The summed E-state index contributed by atoms with van der Waals surface area (Å²) in [7, 11) is -3.59. The number of sulfonamides is 1. The third kappa shape index (κ3) is 3.71. The van der Waals surface area contributed by atoms with E-state index in [1.54, 1.807) is 4.68 Å². The summed E-state index contributed by atoms with van der Waals surface area (Å²) < 4.78 is 33.9. The van der Waals surface area contributed by atoms with Gasteiger partial charge >= 0.3 is 0 Å². The zero-order valence-electron chi connectivity index (χ0n) is 11.7. The fourth-order valence-electron chi connectivity index (χ4n) is 2.22. The highest BCUT2D eigenvalue weighted by atomic mass is 32.2. The summed E-state index contributed by atoms with van der Waals surface area (Å²) in [5, 5.41) is 4.02. The van der Waals surface area contributed by atoms with Crippen LogP contribution in [0.2, 0.25) is 0 Å². The van der Waals surface area contributed by atoms with Gasteiger partial charge in [0.1, 0.15) is 4.90 Å². The molecule has 0 amide bonds. The van der Waals surface area contributed by atoms with E-state index in [-0.39, 0.29) is 10.7 Å². The molecular weight excluding hydrogens is 280 g/mol. The third-order valence-corrected chi connectivity index (χ3v) is 4.84. The van der Waals surface area contributed by atoms with Crippen LogP contribution in [-0.2, 0) is 21.3 Å². The standard InChI is InChI=1S/C12H22N4O3S/c1-2-5-16-9-11(12(13)15-16)20(17,18)14-8-10-3-6-19-7-4-10/h9-10,14H,2-8H2,1H3,(H2,13,15). The van der Waals surface area contributed by atoms with Crippen LogP contribution in [0.1, 0.15) is 26.2 Å². The Kier molecular flexibility index (Phi) is 5.00. The van der Waals surface area contributed by atoms with Crippen LogP contribution in [0, 0.1) is 5.92 Å². The predicted molar refractivity (Wildman–Crippen MR) is 75.7 cm³/mol. The maximum Gasteiger partial charge on any atom is 0.245 e. The first-order valence-electron chi connectivity index (χ1n) is 6.93. The molecule has 0 unspecified atom stereocenters. The second-order valence-electron chi connectivity index (χ2n) is 5.05. The Morgan fingerprint density at radius 3 is 2.85 bits per heavy atom. The minimum absolute atomic E-state index is 0.0536. The van der Waals surface area contributed by atoms with Gasteiger partial charge in [-0.05, 0) is 25.2 Å². The van der Waals surface area contributed by atoms with E-state index in [9.17, 15) is 8.42 Å². The number of hydrogen-bond donors (Lipinski definition) is 2. The number of nitrogens with one attached hydrogen (secondary N) is 1. The first-order valence-corrected chi connectivity index (χ1v) is 8.41. The molecule has 2 rings (SSSR count). The van der Waals surface area contributed by atoms with Crippen molar-refractivity contribution in [2.75, 3.05) is 25.5 Å². The maximum atomic E-state index is 12.2. The van der Waals surface area contributed by atoms with Crippen molar-refractivity contribution < 1.29 is 13.2 Å². The summed E-state index contributed by atoms with van der Waals surface area (Å²) in [5.74, 6) is 0.378. The van der Waals surface area contributed by atoms with Gasteiger partial charge in [0.2, 0.25) is 10.0 Å². The van der Waals surface area contributed by atoms with E-state index in [0.717, 1.165) is 19.3 Å². The second-order valence-corrected chi connectivity index (χ2v) is 6.78. The number of nitrogens with zero attached hydrogens (tertiary/aromatic N) is 2. The van der Waals surface area contributed by atoms with Crippen LogP contribution in [-0.4, -0.2) is 38.0 Å². The normalized spacial score (nSPS) is 17.4. The highest BCUT2D eigenvalue weighted by molar-refractivity contribution is 7.89. The van der Waals surface area contributed by atoms with Crippen LogP contribution < -0.4 is 10.5 Å². The van der Waals surface area contributed by atoms with Gasteiger partial charge in [-0.2, -0.15) is 5.10 Å². The molecule has 1 aromatic rings. The average molecular weight is 302 g/mol. The molecule has 1 fully saturated rings. The molecule has 0 aliphatic carbocycles. The molecule has 1 aliphatic heterocycles. The van der Waals surface area contributed by atoms with E-state index in [0.29, 0.717) is 32.2 Å². The molecule has 8 heteroatoms. The first-order chi connectivity index (χ1) is 9.53. The van der Waals surface area contributed by atoms with Gasteiger partial charge < -0.3 is 10.5 Å². The van der Waals surface area contributed by atoms with Crippen LogP contribution in [0.3, 0.4) is 0 Å². The summed E-state index contributed by atoms with van der Waals surface area (Å²) in [6, 6.07) is 0. The molecule has 0 atom stereocenters. The number of aryl methyl sites for hydroxylation is 1. The van der Waals surface area contributed by atoms with Crippen molar-refractivity contribution in [3.63, 3.8) is 0 Å². The molecule has 3 N–H and O–H groups in total. The van der Waals surface area contributed by atoms with Crippen LogP contribution in [0.15, 0.2) is 11.1 Å². The highest BCUT2D eigenvalue weighted by Gasteiger charge is 2.23. The topological polar surface area (TPSA) is 99.2 Å². The Balaban J connectivity index is 2.01. The van der Waals surface area contributed by atoms with E-state index in [2.05, 4.69) is 9.82 Å². The minimum Gasteiger partial charge on any atom is -0.381 e. The Labute approximate surface area is 119 Å². The van der Waals surface area contributed by atoms with Crippen LogP contribution >= 0.6 is 0 Å². The monoisotopic (exact) mass is 302 g/mol. The SMILES string of the molecule is CCCn1cc(S(=O)(=O)NCC2CCOCC2)c(N)n1. The van der Waals surface area contributed by atoms with E-state index in [1.165, 1.54) is 6.20 Å². The van der Waals surface area contributed by atoms with Gasteiger partial charge in [-0.3, -0.25) is 4.68 Å². The van der Waals surface area contributed by atoms with Gasteiger partial charge in [0.15, 0.2) is 5.82 Å². The summed E-state index contributed by atoms with van der Waals surface area (Å²) in [5.41, 5.74) is 5.70. The molecule has 1 aliphatic rings. The van der Waals surface area contributed by atoms with E-state index in [1.807, 2.05) is 6.92 Å².